The third-order valence-electron chi connectivity index (χ3n) is 4.02. The van der Waals surface area contributed by atoms with Gasteiger partial charge in [-0.2, -0.15) is 36.7 Å². The van der Waals surface area contributed by atoms with Crippen molar-refractivity contribution in [2.75, 3.05) is 0 Å². The van der Waals surface area contributed by atoms with Crippen LogP contribution in [-0.2, 0) is 25.7 Å². The molecule has 0 unspecified atom stereocenters. The van der Waals surface area contributed by atoms with E-state index in [0.29, 0.717) is 12.1 Å². The van der Waals surface area contributed by atoms with Gasteiger partial charge in [0.2, 0.25) is 23.6 Å². The van der Waals surface area contributed by atoms with Crippen molar-refractivity contribution in [1.82, 2.24) is 14.8 Å². The van der Waals surface area contributed by atoms with Gasteiger partial charge in [-0.25, -0.2) is 17.6 Å². The molecule has 0 bridgehead atoms. The summed E-state index contributed by atoms with van der Waals surface area (Å²) in [5.41, 5.74) is -6.92. The number of pyridine rings is 1. The van der Waals surface area contributed by atoms with Crippen molar-refractivity contribution < 1.29 is 68.9 Å². The van der Waals surface area contributed by atoms with E-state index in [-0.39, 0.29) is 24.2 Å². The molecule has 32 heavy (non-hydrogen) atoms. The zero-order chi connectivity index (χ0) is 23.4. The van der Waals surface area contributed by atoms with E-state index in [9.17, 15) is 49.4 Å². The molecule has 1 aromatic carbocycles. The van der Waals surface area contributed by atoms with Crippen molar-refractivity contribution in [3.63, 3.8) is 0 Å². The SMILES string of the molecule is Cc1nn(-c2c(F)c(F)c(C(F)(F)F)c(F)c2F)c(O)c1C(=O)c1cc(F)nc(F)c1.[Zn]. The van der Waals surface area contributed by atoms with Crippen molar-refractivity contribution in [1.29, 1.82) is 0 Å². The molecule has 3 aromatic rings. The quantitative estimate of drug-likeness (QED) is 0.183. The number of aromatic nitrogens is 3. The number of alkyl halides is 3. The van der Waals surface area contributed by atoms with E-state index in [4.69, 9.17) is 0 Å². The van der Waals surface area contributed by atoms with Crippen LogP contribution in [-0.4, -0.2) is 25.7 Å². The minimum atomic E-state index is -5.80. The van der Waals surface area contributed by atoms with Crippen LogP contribution >= 0.6 is 0 Å². The number of hydrogen-bond donors (Lipinski definition) is 1. The maximum Gasteiger partial charge on any atom is 0.422 e. The topological polar surface area (TPSA) is 68.0 Å². The number of aryl methyl sites for hydroxylation is 1. The molecule has 0 amide bonds. The van der Waals surface area contributed by atoms with E-state index < -0.39 is 81.1 Å². The van der Waals surface area contributed by atoms with Crippen LogP contribution in [0.25, 0.3) is 5.69 Å². The number of carbonyl (C=O) groups excluding carboxylic acids is 1. The van der Waals surface area contributed by atoms with Crippen LogP contribution in [0.2, 0.25) is 0 Å². The van der Waals surface area contributed by atoms with Crippen molar-refractivity contribution in [2.45, 2.75) is 13.1 Å². The second-order valence-electron chi connectivity index (χ2n) is 6.00. The molecule has 0 atom stereocenters. The number of benzene rings is 1. The van der Waals surface area contributed by atoms with E-state index >= 15 is 0 Å². The van der Waals surface area contributed by atoms with E-state index in [1.54, 1.807) is 0 Å². The van der Waals surface area contributed by atoms with Crippen LogP contribution in [0.15, 0.2) is 12.1 Å². The number of ketones is 1. The minimum absolute atomic E-state index is 0. The Balaban J connectivity index is 0.00000363. The average molecular weight is 521 g/mol. The van der Waals surface area contributed by atoms with Crippen molar-refractivity contribution in [3.8, 4) is 11.6 Å². The van der Waals surface area contributed by atoms with Crippen molar-refractivity contribution in [2.24, 2.45) is 0 Å². The summed E-state index contributed by atoms with van der Waals surface area (Å²) >= 11 is 0. The summed E-state index contributed by atoms with van der Waals surface area (Å²) in [6.07, 6.45) is -5.80. The first kappa shape index (κ1) is 25.3. The summed E-state index contributed by atoms with van der Waals surface area (Å²) in [4.78, 5) is 15.2. The van der Waals surface area contributed by atoms with Gasteiger partial charge < -0.3 is 5.11 Å². The molecule has 0 saturated carbocycles. The Labute approximate surface area is 184 Å². The molecule has 3 rings (SSSR count). The largest absolute Gasteiger partial charge is 0.493 e. The van der Waals surface area contributed by atoms with Crippen LogP contribution in [0.4, 0.5) is 39.5 Å². The van der Waals surface area contributed by atoms with Gasteiger partial charge in [0.15, 0.2) is 23.3 Å². The minimum Gasteiger partial charge on any atom is -0.493 e. The summed E-state index contributed by atoms with van der Waals surface area (Å²) in [6.45, 7) is 0.962. The fraction of sp³-hybridized carbons (Fsp3) is 0.118. The maximum atomic E-state index is 14.2. The zero-order valence-electron chi connectivity index (χ0n) is 15.5. The molecular weight excluding hydrogens is 515 g/mol. The van der Waals surface area contributed by atoms with Gasteiger partial charge in [-0.1, -0.05) is 0 Å². The van der Waals surface area contributed by atoms with Gasteiger partial charge >= 0.3 is 6.18 Å². The molecule has 15 heteroatoms. The number of aromatic hydroxyl groups is 1. The molecule has 2 heterocycles. The molecule has 1 N–H and O–H groups in total. The summed E-state index contributed by atoms with van der Waals surface area (Å²) in [5, 5.41) is 13.5. The third-order valence-corrected chi connectivity index (χ3v) is 4.02. The van der Waals surface area contributed by atoms with E-state index in [0.717, 1.165) is 6.92 Å². The van der Waals surface area contributed by atoms with Crippen molar-refractivity contribution in [3.05, 3.63) is 69.7 Å². The third kappa shape index (κ3) is 4.08. The van der Waals surface area contributed by atoms with Gasteiger partial charge in [0.1, 0.15) is 16.8 Å². The van der Waals surface area contributed by atoms with Gasteiger partial charge in [-0.3, -0.25) is 4.79 Å². The molecule has 2 aromatic heterocycles. The molecular formula is C17H6F9N3O2Zn. The second kappa shape index (κ2) is 8.53. The Bertz CT molecular complexity index is 1190. The predicted octanol–water partition coefficient (Wildman–Crippen LogP) is 4.36. The van der Waals surface area contributed by atoms with E-state index in [2.05, 4.69) is 10.1 Å². The maximum absolute atomic E-state index is 14.2. The summed E-state index contributed by atoms with van der Waals surface area (Å²) < 4.78 is 121. The number of halogens is 9. The van der Waals surface area contributed by atoms with Gasteiger partial charge in [-0.05, 0) is 6.92 Å². The molecule has 0 aliphatic rings. The second-order valence-corrected chi connectivity index (χ2v) is 6.00. The Hall–Kier alpha value is -2.96. The number of nitrogens with zero attached hydrogens (tertiary/aromatic N) is 3. The van der Waals surface area contributed by atoms with Crippen molar-refractivity contribution >= 4 is 5.78 Å². The summed E-state index contributed by atoms with van der Waals surface area (Å²) in [5.74, 6) is -16.4. The standard InChI is InChI=1S/C17H6F9N3O2.Zn/c1-4-8(15(30)5-2-6(18)27-7(19)3-5)16(31)29(28-4)14-12(22)10(20)9(17(24,25)26)11(21)13(14)23;/h2-3,31H,1H3;. The number of rotatable bonds is 3. The Kier molecular flexibility index (Phi) is 6.74. The number of hydrogen-bond acceptors (Lipinski definition) is 4. The Morgan fingerprint density at radius 3 is 1.84 bits per heavy atom. The predicted molar refractivity (Wildman–Crippen MR) is 82.4 cm³/mol. The van der Waals surface area contributed by atoms with E-state index in [1.165, 1.54) is 0 Å². The first-order valence-electron chi connectivity index (χ1n) is 7.85. The average Bonchev–Trinajstić information content (AvgIpc) is 2.92. The molecule has 5 nitrogen and oxygen atoms in total. The molecule has 0 radical (unpaired) electrons. The molecule has 0 saturated heterocycles. The first-order valence-corrected chi connectivity index (χ1v) is 7.85. The van der Waals surface area contributed by atoms with Gasteiger partial charge in [-0.15, -0.1) is 0 Å². The fourth-order valence-corrected chi connectivity index (χ4v) is 2.73. The van der Waals surface area contributed by atoms with Gasteiger partial charge in [0, 0.05) is 37.2 Å². The molecule has 0 fully saturated rings. The van der Waals surface area contributed by atoms with Gasteiger partial charge in [0.25, 0.3) is 0 Å². The Morgan fingerprint density at radius 2 is 1.41 bits per heavy atom. The van der Waals surface area contributed by atoms with Crippen LogP contribution in [0.5, 0.6) is 5.88 Å². The zero-order valence-corrected chi connectivity index (χ0v) is 18.4. The molecule has 0 spiro atoms. The summed E-state index contributed by atoms with van der Waals surface area (Å²) in [6, 6.07) is 0.889. The van der Waals surface area contributed by atoms with Crippen LogP contribution < -0.4 is 0 Å². The van der Waals surface area contributed by atoms with Crippen LogP contribution in [0.3, 0.4) is 0 Å². The molecule has 166 valence electrons. The number of carbonyl (C=O) groups is 1. The monoisotopic (exact) mass is 519 g/mol. The smallest absolute Gasteiger partial charge is 0.422 e. The fourth-order valence-electron chi connectivity index (χ4n) is 2.73. The summed E-state index contributed by atoms with van der Waals surface area (Å²) in [7, 11) is 0. The van der Waals surface area contributed by atoms with Crippen LogP contribution in [0.1, 0.15) is 27.2 Å². The van der Waals surface area contributed by atoms with Gasteiger partial charge in [0.05, 0.1) is 5.69 Å². The first-order chi connectivity index (χ1) is 14.3. The normalized spacial score (nSPS) is 11.4. The molecule has 0 aliphatic heterocycles. The molecule has 0 aliphatic carbocycles. The van der Waals surface area contributed by atoms with Crippen LogP contribution in [0, 0.1) is 42.1 Å². The Morgan fingerprint density at radius 1 is 0.938 bits per heavy atom. The van der Waals surface area contributed by atoms with E-state index in [1.807, 2.05) is 0 Å².